The largest absolute Gasteiger partial charge is 0.480 e. The number of nitrogens with zero attached hydrogens (tertiary/aromatic N) is 2. The number of aryl methyl sites for hydroxylation is 1. The topological polar surface area (TPSA) is 69.1 Å². The molecule has 0 spiro atoms. The fourth-order valence-electron chi connectivity index (χ4n) is 2.03. The fourth-order valence-corrected chi connectivity index (χ4v) is 2.32. The van der Waals surface area contributed by atoms with Crippen LogP contribution in [-0.4, -0.2) is 35.4 Å². The highest BCUT2D eigenvalue weighted by Crippen LogP contribution is 2.27. The quantitative estimate of drug-likeness (QED) is 0.855. The van der Waals surface area contributed by atoms with Gasteiger partial charge in [-0.15, -0.1) is 0 Å². The van der Waals surface area contributed by atoms with E-state index in [0.29, 0.717) is 29.5 Å². The van der Waals surface area contributed by atoms with E-state index in [2.05, 4.69) is 9.97 Å². The minimum Gasteiger partial charge on any atom is -0.480 e. The Labute approximate surface area is 127 Å². The molecule has 2 aromatic heterocycles. The van der Waals surface area contributed by atoms with E-state index in [-0.39, 0.29) is 5.56 Å². The first kappa shape index (κ1) is 15.4. The molecule has 7 heteroatoms. The molecule has 0 radical (unpaired) electrons. The summed E-state index contributed by atoms with van der Waals surface area (Å²) < 4.78 is 12.6. The van der Waals surface area contributed by atoms with Gasteiger partial charge in [0.15, 0.2) is 4.77 Å². The van der Waals surface area contributed by atoms with Gasteiger partial charge in [0.2, 0.25) is 5.88 Å². The molecule has 0 aliphatic heterocycles. The number of rotatable bonds is 5. The van der Waals surface area contributed by atoms with Crippen LogP contribution in [0.3, 0.4) is 0 Å². The number of hydrogen-bond acceptors (Lipinski definition) is 5. The Kier molecular flexibility index (Phi) is 4.87. The van der Waals surface area contributed by atoms with Crippen LogP contribution in [0.5, 0.6) is 5.88 Å². The second-order valence-electron chi connectivity index (χ2n) is 4.48. The lowest BCUT2D eigenvalue weighted by Gasteiger charge is -2.15. The maximum Gasteiger partial charge on any atom is 0.252 e. The number of hydrogen-bond donors (Lipinski definition) is 1. The summed E-state index contributed by atoms with van der Waals surface area (Å²) in [5.74, 6) is 0.459. The monoisotopic (exact) mass is 307 g/mol. The number of pyridine rings is 1. The average molecular weight is 307 g/mol. The molecule has 0 atom stereocenters. The number of H-pyrrole nitrogens is 1. The first-order valence-electron chi connectivity index (χ1n) is 6.42. The van der Waals surface area contributed by atoms with E-state index in [9.17, 15) is 4.79 Å². The van der Waals surface area contributed by atoms with Gasteiger partial charge in [-0.25, -0.2) is 4.98 Å². The van der Waals surface area contributed by atoms with Gasteiger partial charge in [0.1, 0.15) is 0 Å². The zero-order valence-corrected chi connectivity index (χ0v) is 13.0. The molecule has 0 bridgehead atoms. The lowest BCUT2D eigenvalue weighted by atomic mass is 10.1. The summed E-state index contributed by atoms with van der Waals surface area (Å²) in [4.78, 5) is 18.7. The molecular formula is C14H17N3O3S. The zero-order valence-electron chi connectivity index (χ0n) is 12.2. The van der Waals surface area contributed by atoms with Gasteiger partial charge in [-0.05, 0) is 31.3 Å². The van der Waals surface area contributed by atoms with Gasteiger partial charge in [0.05, 0.1) is 25.0 Å². The second-order valence-corrected chi connectivity index (χ2v) is 4.86. The van der Waals surface area contributed by atoms with E-state index in [1.807, 2.05) is 19.1 Å². The van der Waals surface area contributed by atoms with Crippen molar-refractivity contribution in [2.75, 3.05) is 20.8 Å². The van der Waals surface area contributed by atoms with Crippen molar-refractivity contribution in [1.82, 2.24) is 14.5 Å². The maximum atomic E-state index is 11.7. The van der Waals surface area contributed by atoms with Crippen molar-refractivity contribution in [3.63, 3.8) is 0 Å². The Hall–Kier alpha value is -1.99. The van der Waals surface area contributed by atoms with Crippen LogP contribution in [0.1, 0.15) is 5.69 Å². The summed E-state index contributed by atoms with van der Waals surface area (Å²) in [6.07, 6.45) is 0. The first-order chi connectivity index (χ1) is 10.1. The SMILES string of the molecule is COCCn1c(-c2ccc(C)nc2OC)cc(=O)[nH]c1=S. The third kappa shape index (κ3) is 3.37. The van der Waals surface area contributed by atoms with E-state index < -0.39 is 0 Å². The van der Waals surface area contributed by atoms with Crippen molar-refractivity contribution in [2.45, 2.75) is 13.5 Å². The van der Waals surface area contributed by atoms with Gasteiger partial charge in [0, 0.05) is 25.4 Å². The molecule has 6 nitrogen and oxygen atoms in total. The highest BCUT2D eigenvalue weighted by molar-refractivity contribution is 7.71. The summed E-state index contributed by atoms with van der Waals surface area (Å²) in [7, 11) is 3.16. The Morgan fingerprint density at radius 2 is 2.14 bits per heavy atom. The molecule has 0 saturated carbocycles. The van der Waals surface area contributed by atoms with Crippen molar-refractivity contribution in [1.29, 1.82) is 0 Å². The van der Waals surface area contributed by atoms with Gasteiger partial charge in [-0.1, -0.05) is 0 Å². The molecule has 0 unspecified atom stereocenters. The standard InChI is InChI=1S/C14H17N3O3S/c1-9-4-5-10(13(15-9)20-3)11-8-12(18)16-14(21)17(11)6-7-19-2/h4-5,8H,6-7H2,1-3H3,(H,16,18,21). The molecule has 2 aromatic rings. The molecule has 112 valence electrons. The predicted octanol–water partition coefficient (Wildman–Crippen LogP) is 1.93. The van der Waals surface area contributed by atoms with Crippen molar-refractivity contribution < 1.29 is 9.47 Å². The van der Waals surface area contributed by atoms with Crippen LogP contribution in [0.15, 0.2) is 23.0 Å². The lowest BCUT2D eigenvalue weighted by Crippen LogP contribution is -2.17. The number of methoxy groups -OCH3 is 2. The third-order valence-electron chi connectivity index (χ3n) is 3.02. The molecule has 2 rings (SSSR count). The van der Waals surface area contributed by atoms with Crippen LogP contribution in [0.25, 0.3) is 11.3 Å². The molecular weight excluding hydrogens is 290 g/mol. The minimum atomic E-state index is -0.258. The van der Waals surface area contributed by atoms with Crippen LogP contribution >= 0.6 is 12.2 Å². The van der Waals surface area contributed by atoms with Crippen molar-refractivity contribution in [2.24, 2.45) is 0 Å². The number of ether oxygens (including phenoxy) is 2. The van der Waals surface area contributed by atoms with Crippen LogP contribution < -0.4 is 10.3 Å². The van der Waals surface area contributed by atoms with Crippen molar-refractivity contribution in [3.8, 4) is 17.1 Å². The molecule has 0 fully saturated rings. The maximum absolute atomic E-state index is 11.7. The minimum absolute atomic E-state index is 0.258. The molecule has 2 heterocycles. The molecule has 21 heavy (non-hydrogen) atoms. The summed E-state index contributed by atoms with van der Waals surface area (Å²) >= 11 is 5.24. The van der Waals surface area contributed by atoms with Crippen molar-refractivity contribution >= 4 is 12.2 Å². The number of aromatic nitrogens is 3. The Balaban J connectivity index is 2.67. The molecule has 0 aliphatic carbocycles. The van der Waals surface area contributed by atoms with E-state index >= 15 is 0 Å². The fraction of sp³-hybridized carbons (Fsp3) is 0.357. The highest BCUT2D eigenvalue weighted by Gasteiger charge is 2.13. The highest BCUT2D eigenvalue weighted by atomic mass is 32.1. The second kappa shape index (κ2) is 6.64. The zero-order chi connectivity index (χ0) is 15.4. The Morgan fingerprint density at radius 1 is 1.38 bits per heavy atom. The number of aromatic amines is 1. The lowest BCUT2D eigenvalue weighted by molar-refractivity contribution is 0.186. The molecule has 1 N–H and O–H groups in total. The van der Waals surface area contributed by atoms with Crippen molar-refractivity contribution in [3.05, 3.63) is 39.0 Å². The first-order valence-corrected chi connectivity index (χ1v) is 6.82. The van der Waals surface area contributed by atoms with Gasteiger partial charge in [-0.2, -0.15) is 0 Å². The normalized spacial score (nSPS) is 10.6. The summed E-state index contributed by atoms with van der Waals surface area (Å²) in [5, 5.41) is 0. The van der Waals surface area contributed by atoms with E-state index in [4.69, 9.17) is 21.7 Å². The summed E-state index contributed by atoms with van der Waals surface area (Å²) in [5.41, 5.74) is 1.95. The van der Waals surface area contributed by atoms with Gasteiger partial charge in [-0.3, -0.25) is 9.78 Å². The number of nitrogens with one attached hydrogen (secondary N) is 1. The van der Waals surface area contributed by atoms with Crippen LogP contribution in [0.2, 0.25) is 0 Å². The average Bonchev–Trinajstić information content (AvgIpc) is 2.45. The van der Waals surface area contributed by atoms with E-state index in [1.54, 1.807) is 18.8 Å². The molecule has 0 aliphatic rings. The summed E-state index contributed by atoms with van der Waals surface area (Å²) in [6, 6.07) is 5.22. The van der Waals surface area contributed by atoms with Crippen LogP contribution in [0.4, 0.5) is 0 Å². The smallest absolute Gasteiger partial charge is 0.252 e. The van der Waals surface area contributed by atoms with Gasteiger partial charge < -0.3 is 14.0 Å². The van der Waals surface area contributed by atoms with Gasteiger partial charge >= 0.3 is 0 Å². The third-order valence-corrected chi connectivity index (χ3v) is 3.34. The van der Waals surface area contributed by atoms with Crippen LogP contribution in [0, 0.1) is 11.7 Å². The predicted molar refractivity (Wildman–Crippen MR) is 82.3 cm³/mol. The van der Waals surface area contributed by atoms with Crippen LogP contribution in [-0.2, 0) is 11.3 Å². The van der Waals surface area contributed by atoms with E-state index in [0.717, 1.165) is 11.3 Å². The molecule has 0 aromatic carbocycles. The van der Waals surface area contributed by atoms with E-state index in [1.165, 1.54) is 6.07 Å². The Morgan fingerprint density at radius 3 is 2.81 bits per heavy atom. The molecule has 0 amide bonds. The van der Waals surface area contributed by atoms with Gasteiger partial charge in [0.25, 0.3) is 5.56 Å². The Bertz CT molecular complexity index is 752. The summed E-state index contributed by atoms with van der Waals surface area (Å²) in [6.45, 7) is 2.88. The molecule has 0 saturated heterocycles.